The Balaban J connectivity index is 1.49. The second-order valence-corrected chi connectivity index (χ2v) is 8.74. The molecule has 0 heterocycles. The first kappa shape index (κ1) is 23.6. The van der Waals surface area contributed by atoms with Crippen LogP contribution in [0.2, 0.25) is 5.02 Å². The van der Waals surface area contributed by atoms with Crippen molar-refractivity contribution < 1.29 is 4.79 Å². The number of carbonyl (C=O) groups is 1. The fraction of sp³-hybridized carbons (Fsp3) is 0.250. The number of nitrogens with one attached hydrogen (secondary N) is 2. The summed E-state index contributed by atoms with van der Waals surface area (Å²) in [4.78, 5) is 12.5. The minimum Gasteiger partial charge on any atom is -0.351 e. The largest absolute Gasteiger partial charge is 0.351 e. The van der Waals surface area contributed by atoms with Gasteiger partial charge in [0.15, 0.2) is 0 Å². The molecule has 1 amide bonds. The minimum atomic E-state index is -0.777. The fourth-order valence-corrected chi connectivity index (χ4v) is 3.51. The summed E-state index contributed by atoms with van der Waals surface area (Å²) in [5.74, 6) is 5.96. The smallest absolute Gasteiger partial charge is 0.237 e. The molecule has 0 bridgehead atoms. The zero-order valence-electron chi connectivity index (χ0n) is 18.8. The topological polar surface area (TPSA) is 41.1 Å². The molecule has 3 aromatic rings. The van der Waals surface area contributed by atoms with Crippen LogP contribution in [0.4, 0.5) is 0 Å². The van der Waals surface area contributed by atoms with E-state index in [0.29, 0.717) is 18.1 Å². The number of rotatable bonds is 7. The van der Waals surface area contributed by atoms with Crippen molar-refractivity contribution >= 4 is 28.3 Å². The predicted molar refractivity (Wildman–Crippen MR) is 134 cm³/mol. The molecule has 3 nitrogen and oxygen atoms in total. The van der Waals surface area contributed by atoms with Crippen LogP contribution < -0.4 is 10.6 Å². The van der Waals surface area contributed by atoms with Crippen LogP contribution in [0.3, 0.4) is 0 Å². The van der Waals surface area contributed by atoms with Crippen molar-refractivity contribution in [3.05, 3.63) is 95.0 Å². The molecule has 0 fully saturated rings. The van der Waals surface area contributed by atoms with E-state index >= 15 is 0 Å². The lowest BCUT2D eigenvalue weighted by Crippen LogP contribution is -2.35. The molecule has 0 unspecified atom stereocenters. The lowest BCUT2D eigenvalue weighted by atomic mass is 9.93. The molecule has 164 valence electrons. The van der Waals surface area contributed by atoms with Crippen LogP contribution in [0.5, 0.6) is 0 Å². The molecule has 0 aliphatic heterocycles. The summed E-state index contributed by atoms with van der Waals surface area (Å²) in [5, 5.41) is 9.64. The van der Waals surface area contributed by atoms with Crippen LogP contribution in [0.15, 0.2) is 78.9 Å². The van der Waals surface area contributed by atoms with E-state index in [9.17, 15) is 4.79 Å². The quantitative estimate of drug-likeness (QED) is 0.436. The van der Waals surface area contributed by atoms with E-state index in [-0.39, 0.29) is 11.9 Å². The van der Waals surface area contributed by atoms with E-state index in [2.05, 4.69) is 71.9 Å². The van der Waals surface area contributed by atoms with E-state index < -0.39 is 5.41 Å². The molecule has 0 saturated carbocycles. The van der Waals surface area contributed by atoms with Gasteiger partial charge in [0, 0.05) is 24.2 Å². The monoisotopic (exact) mass is 444 g/mol. The predicted octanol–water partition coefficient (Wildman–Crippen LogP) is 6.05. The Kier molecular flexibility index (Phi) is 8.11. The minimum absolute atomic E-state index is 0.101. The summed E-state index contributed by atoms with van der Waals surface area (Å²) in [6, 6.07) is 22.5. The third-order valence-electron chi connectivity index (χ3n) is 5.35. The van der Waals surface area contributed by atoms with E-state index in [1.807, 2.05) is 44.2 Å². The van der Waals surface area contributed by atoms with Gasteiger partial charge in [-0.3, -0.25) is 4.79 Å². The number of amides is 1. The number of hydrogen-bond acceptors (Lipinski definition) is 2. The molecule has 0 aliphatic rings. The number of halogens is 1. The van der Waals surface area contributed by atoms with Crippen molar-refractivity contribution in [2.45, 2.75) is 33.4 Å². The molecule has 0 radical (unpaired) electrons. The van der Waals surface area contributed by atoms with Gasteiger partial charge in [0.1, 0.15) is 5.41 Å². The maximum atomic E-state index is 12.5. The zero-order valence-corrected chi connectivity index (χ0v) is 19.5. The zero-order chi connectivity index (χ0) is 23.0. The molecule has 3 rings (SSSR count). The molecular weight excluding hydrogens is 416 g/mol. The number of carbonyl (C=O) groups excluding carboxylic acids is 1. The van der Waals surface area contributed by atoms with Crippen LogP contribution in [0.25, 0.3) is 10.8 Å². The summed E-state index contributed by atoms with van der Waals surface area (Å²) in [6.45, 7) is 6.96. The third kappa shape index (κ3) is 6.47. The lowest BCUT2D eigenvalue weighted by Gasteiger charge is -2.17. The number of benzene rings is 3. The van der Waals surface area contributed by atoms with Crippen molar-refractivity contribution in [2.24, 2.45) is 5.41 Å². The molecule has 4 heteroatoms. The highest BCUT2D eigenvalue weighted by molar-refractivity contribution is 6.30. The Hall–Kier alpha value is -3.06. The second-order valence-electron chi connectivity index (χ2n) is 8.30. The molecule has 0 aromatic heterocycles. The summed E-state index contributed by atoms with van der Waals surface area (Å²) < 4.78 is 0. The van der Waals surface area contributed by atoms with Gasteiger partial charge >= 0.3 is 0 Å². The van der Waals surface area contributed by atoms with Gasteiger partial charge in [-0.25, -0.2) is 0 Å². The van der Waals surface area contributed by atoms with E-state index in [1.54, 1.807) is 6.08 Å². The Labute approximate surface area is 195 Å². The first-order chi connectivity index (χ1) is 15.4. The van der Waals surface area contributed by atoms with Crippen LogP contribution in [-0.2, 0) is 11.3 Å². The third-order valence-corrected chi connectivity index (χ3v) is 5.60. The van der Waals surface area contributed by atoms with Crippen molar-refractivity contribution in [1.29, 1.82) is 0 Å². The van der Waals surface area contributed by atoms with Crippen molar-refractivity contribution in [3.8, 4) is 11.8 Å². The Morgan fingerprint density at radius 2 is 1.78 bits per heavy atom. The van der Waals surface area contributed by atoms with Crippen LogP contribution in [-0.4, -0.2) is 12.5 Å². The van der Waals surface area contributed by atoms with Gasteiger partial charge in [-0.15, -0.1) is 0 Å². The van der Waals surface area contributed by atoms with Crippen molar-refractivity contribution in [1.82, 2.24) is 10.6 Å². The van der Waals surface area contributed by atoms with Gasteiger partial charge in [-0.2, -0.15) is 0 Å². The lowest BCUT2D eigenvalue weighted by molar-refractivity contribution is -0.126. The standard InChI is InChI=1S/C28H29ClN2O/c1-21(25-13-9-11-23-10-5-6-12-26(23)25)30-19-8-4-7-18-28(2,3)27(32)31-20-22-14-16-24(29)17-15-22/h4-6,8-17,21,30H,19-20H2,1-3H3,(H,31,32)/b8-4+/t21-/m1/s1. The van der Waals surface area contributed by atoms with Crippen LogP contribution in [0.1, 0.15) is 37.9 Å². The fourth-order valence-electron chi connectivity index (χ4n) is 3.39. The Morgan fingerprint density at radius 1 is 1.06 bits per heavy atom. The normalized spacial score (nSPS) is 12.4. The summed E-state index contributed by atoms with van der Waals surface area (Å²) in [6.07, 6.45) is 3.79. The van der Waals surface area contributed by atoms with Gasteiger partial charge in [0.2, 0.25) is 5.91 Å². The van der Waals surface area contributed by atoms with E-state index in [4.69, 9.17) is 11.6 Å². The van der Waals surface area contributed by atoms with Gasteiger partial charge in [0.25, 0.3) is 0 Å². The van der Waals surface area contributed by atoms with Crippen molar-refractivity contribution in [2.75, 3.05) is 6.54 Å². The highest BCUT2D eigenvalue weighted by Gasteiger charge is 2.24. The Morgan fingerprint density at radius 3 is 2.56 bits per heavy atom. The van der Waals surface area contributed by atoms with Gasteiger partial charge in [0.05, 0.1) is 0 Å². The molecule has 0 saturated heterocycles. The molecule has 3 aromatic carbocycles. The molecule has 0 spiro atoms. The average molecular weight is 445 g/mol. The average Bonchev–Trinajstić information content (AvgIpc) is 2.80. The summed E-state index contributed by atoms with van der Waals surface area (Å²) in [7, 11) is 0. The molecule has 2 N–H and O–H groups in total. The number of fused-ring (bicyclic) bond motifs is 1. The molecule has 32 heavy (non-hydrogen) atoms. The molecular formula is C28H29ClN2O. The van der Waals surface area contributed by atoms with Gasteiger partial charge < -0.3 is 10.6 Å². The second kappa shape index (κ2) is 11.0. The van der Waals surface area contributed by atoms with E-state index in [1.165, 1.54) is 16.3 Å². The maximum Gasteiger partial charge on any atom is 0.237 e. The number of allylic oxidation sites excluding steroid dienone is 1. The molecule has 0 aliphatic carbocycles. The highest BCUT2D eigenvalue weighted by atomic mass is 35.5. The SMILES string of the molecule is C[C@@H](NC/C=C/C#CC(C)(C)C(=O)NCc1ccc(Cl)cc1)c1cccc2ccccc12. The van der Waals surface area contributed by atoms with Crippen molar-refractivity contribution in [3.63, 3.8) is 0 Å². The maximum absolute atomic E-state index is 12.5. The Bertz CT molecular complexity index is 1150. The van der Waals surface area contributed by atoms with E-state index in [0.717, 1.165) is 5.56 Å². The molecule has 1 atom stereocenters. The number of hydrogen-bond donors (Lipinski definition) is 2. The first-order valence-corrected chi connectivity index (χ1v) is 11.2. The van der Waals surface area contributed by atoms with Gasteiger partial charge in [-0.05, 0) is 60.9 Å². The first-order valence-electron chi connectivity index (χ1n) is 10.8. The van der Waals surface area contributed by atoms with Crippen LogP contribution in [0, 0.1) is 17.3 Å². The summed E-state index contributed by atoms with van der Waals surface area (Å²) >= 11 is 5.90. The van der Waals surface area contributed by atoms with Gasteiger partial charge in [-0.1, -0.05) is 84.1 Å². The van der Waals surface area contributed by atoms with Crippen LogP contribution >= 0.6 is 11.6 Å². The summed E-state index contributed by atoms with van der Waals surface area (Å²) in [5.41, 5.74) is 1.50. The highest BCUT2D eigenvalue weighted by Crippen LogP contribution is 2.23.